The predicted molar refractivity (Wildman–Crippen MR) is 69.8 cm³/mol. The number of urea groups is 1. The Morgan fingerprint density at radius 2 is 2.00 bits per heavy atom. The standard InChI is InChI=1S/C13H21F3N2O3/c1-8(2)10(6-13(14,15)16)17-12(21)18-5-3-4-9(7-18)11(19)20/h8-10H,3-7H2,1-2H3,(H,17,21)(H,19,20). The number of rotatable bonds is 4. The number of carbonyl (C=O) groups excluding carboxylic acids is 1. The van der Waals surface area contributed by atoms with Crippen LogP contribution in [0.1, 0.15) is 33.1 Å². The van der Waals surface area contributed by atoms with Crippen molar-refractivity contribution in [2.75, 3.05) is 13.1 Å². The average molecular weight is 310 g/mol. The number of hydrogen-bond donors (Lipinski definition) is 2. The van der Waals surface area contributed by atoms with E-state index in [1.807, 2.05) is 0 Å². The van der Waals surface area contributed by atoms with Gasteiger partial charge < -0.3 is 15.3 Å². The molecule has 21 heavy (non-hydrogen) atoms. The van der Waals surface area contributed by atoms with Gasteiger partial charge in [0, 0.05) is 19.1 Å². The molecular formula is C13H21F3N2O3. The molecule has 1 fully saturated rings. The second-order valence-corrected chi connectivity index (χ2v) is 5.74. The van der Waals surface area contributed by atoms with E-state index in [9.17, 15) is 22.8 Å². The number of amides is 2. The number of likely N-dealkylation sites (tertiary alicyclic amines) is 1. The largest absolute Gasteiger partial charge is 0.481 e. The molecule has 122 valence electrons. The van der Waals surface area contributed by atoms with E-state index in [4.69, 9.17) is 5.11 Å². The SMILES string of the molecule is CC(C)C(CC(F)(F)F)NC(=O)N1CCCC(C(=O)O)C1. The van der Waals surface area contributed by atoms with Gasteiger partial charge in [-0.2, -0.15) is 13.2 Å². The Kier molecular flexibility index (Phi) is 5.86. The first kappa shape index (κ1) is 17.6. The van der Waals surface area contributed by atoms with Gasteiger partial charge in [-0.05, 0) is 18.8 Å². The molecule has 1 aliphatic rings. The summed E-state index contributed by atoms with van der Waals surface area (Å²) in [4.78, 5) is 24.2. The Bertz CT molecular complexity index is 385. The fourth-order valence-electron chi connectivity index (χ4n) is 2.32. The van der Waals surface area contributed by atoms with Gasteiger partial charge in [0.05, 0.1) is 12.3 Å². The minimum absolute atomic E-state index is 0.0397. The molecule has 0 spiro atoms. The summed E-state index contributed by atoms with van der Waals surface area (Å²) < 4.78 is 37.5. The highest BCUT2D eigenvalue weighted by Gasteiger charge is 2.35. The van der Waals surface area contributed by atoms with Crippen molar-refractivity contribution in [3.63, 3.8) is 0 Å². The van der Waals surface area contributed by atoms with Gasteiger partial charge in [-0.25, -0.2) is 4.79 Å². The third-order valence-electron chi connectivity index (χ3n) is 3.62. The molecule has 1 rings (SSSR count). The number of hydrogen-bond acceptors (Lipinski definition) is 2. The van der Waals surface area contributed by atoms with E-state index in [-0.39, 0.29) is 12.5 Å². The molecule has 0 aromatic carbocycles. The molecule has 2 atom stereocenters. The molecule has 1 aliphatic heterocycles. The Labute approximate surface area is 121 Å². The molecule has 2 unspecified atom stereocenters. The monoisotopic (exact) mass is 310 g/mol. The number of alkyl halides is 3. The van der Waals surface area contributed by atoms with Crippen LogP contribution in [0.2, 0.25) is 0 Å². The van der Waals surface area contributed by atoms with Crippen molar-refractivity contribution in [1.29, 1.82) is 0 Å². The molecule has 0 aliphatic carbocycles. The Morgan fingerprint density at radius 1 is 1.38 bits per heavy atom. The zero-order chi connectivity index (χ0) is 16.2. The highest BCUT2D eigenvalue weighted by molar-refractivity contribution is 5.76. The summed E-state index contributed by atoms with van der Waals surface area (Å²) in [7, 11) is 0. The summed E-state index contributed by atoms with van der Waals surface area (Å²) >= 11 is 0. The summed E-state index contributed by atoms with van der Waals surface area (Å²) in [6, 6.07) is -1.63. The van der Waals surface area contributed by atoms with E-state index < -0.39 is 36.6 Å². The zero-order valence-electron chi connectivity index (χ0n) is 12.1. The second kappa shape index (κ2) is 7.00. The lowest BCUT2D eigenvalue weighted by Crippen LogP contribution is -2.51. The van der Waals surface area contributed by atoms with Crippen LogP contribution in [0.25, 0.3) is 0 Å². The van der Waals surface area contributed by atoms with Crippen molar-refractivity contribution in [3.05, 3.63) is 0 Å². The van der Waals surface area contributed by atoms with Crippen LogP contribution in [0.5, 0.6) is 0 Å². The van der Waals surface area contributed by atoms with Crippen LogP contribution in [0, 0.1) is 11.8 Å². The molecule has 1 heterocycles. The fourth-order valence-corrected chi connectivity index (χ4v) is 2.32. The average Bonchev–Trinajstić information content (AvgIpc) is 2.36. The van der Waals surface area contributed by atoms with Crippen molar-refractivity contribution in [2.45, 2.75) is 45.3 Å². The number of nitrogens with zero attached hydrogens (tertiary/aromatic N) is 1. The number of piperidine rings is 1. The fraction of sp³-hybridized carbons (Fsp3) is 0.846. The first-order valence-electron chi connectivity index (χ1n) is 6.95. The van der Waals surface area contributed by atoms with Crippen molar-refractivity contribution < 1.29 is 27.9 Å². The minimum Gasteiger partial charge on any atom is -0.481 e. The van der Waals surface area contributed by atoms with Crippen LogP contribution in [-0.4, -0.2) is 47.3 Å². The molecule has 1 saturated heterocycles. The molecule has 0 bridgehead atoms. The van der Waals surface area contributed by atoms with E-state index in [0.29, 0.717) is 19.4 Å². The normalized spacial score (nSPS) is 21.2. The number of halogens is 3. The Morgan fingerprint density at radius 3 is 2.48 bits per heavy atom. The number of carboxylic acids is 1. The first-order chi connectivity index (χ1) is 9.60. The lowest BCUT2D eigenvalue weighted by Gasteiger charge is -2.33. The molecule has 8 heteroatoms. The van der Waals surface area contributed by atoms with Gasteiger partial charge in [-0.15, -0.1) is 0 Å². The highest BCUT2D eigenvalue weighted by atomic mass is 19.4. The van der Waals surface area contributed by atoms with Crippen LogP contribution in [0.3, 0.4) is 0 Å². The van der Waals surface area contributed by atoms with E-state index in [0.717, 1.165) is 0 Å². The maximum atomic E-state index is 12.5. The summed E-state index contributed by atoms with van der Waals surface area (Å²) in [5, 5.41) is 11.3. The summed E-state index contributed by atoms with van der Waals surface area (Å²) in [6.07, 6.45) is -4.43. The van der Waals surface area contributed by atoms with Gasteiger partial charge in [0.2, 0.25) is 0 Å². The quantitative estimate of drug-likeness (QED) is 0.838. The van der Waals surface area contributed by atoms with E-state index in [1.54, 1.807) is 13.8 Å². The van der Waals surface area contributed by atoms with Gasteiger partial charge >= 0.3 is 18.2 Å². The van der Waals surface area contributed by atoms with Crippen molar-refractivity contribution >= 4 is 12.0 Å². The molecule has 0 aromatic heterocycles. The third kappa shape index (κ3) is 5.81. The second-order valence-electron chi connectivity index (χ2n) is 5.74. The van der Waals surface area contributed by atoms with E-state index in [1.165, 1.54) is 4.90 Å². The summed E-state index contributed by atoms with van der Waals surface area (Å²) in [5.41, 5.74) is 0. The molecule has 2 amide bonds. The van der Waals surface area contributed by atoms with Gasteiger partial charge in [0.25, 0.3) is 0 Å². The molecule has 5 nitrogen and oxygen atoms in total. The number of aliphatic carboxylic acids is 1. The maximum absolute atomic E-state index is 12.5. The predicted octanol–water partition coefficient (Wildman–Crippen LogP) is 2.47. The lowest BCUT2D eigenvalue weighted by molar-refractivity contribution is -0.143. The van der Waals surface area contributed by atoms with Gasteiger partial charge in [0.1, 0.15) is 0 Å². The number of carboxylic acid groups (broad SMARTS) is 1. The van der Waals surface area contributed by atoms with Crippen molar-refractivity contribution in [2.24, 2.45) is 11.8 Å². The maximum Gasteiger partial charge on any atom is 0.391 e. The third-order valence-corrected chi connectivity index (χ3v) is 3.62. The first-order valence-corrected chi connectivity index (χ1v) is 6.95. The summed E-state index contributed by atoms with van der Waals surface area (Å²) in [6.45, 7) is 3.62. The molecular weight excluding hydrogens is 289 g/mol. The molecule has 2 N–H and O–H groups in total. The lowest BCUT2D eigenvalue weighted by atomic mass is 9.98. The van der Waals surface area contributed by atoms with Crippen molar-refractivity contribution in [1.82, 2.24) is 10.2 Å². The molecule has 0 aromatic rings. The van der Waals surface area contributed by atoms with Crippen LogP contribution >= 0.6 is 0 Å². The topological polar surface area (TPSA) is 69.6 Å². The van der Waals surface area contributed by atoms with Crippen LogP contribution in [0.15, 0.2) is 0 Å². The smallest absolute Gasteiger partial charge is 0.391 e. The highest BCUT2D eigenvalue weighted by Crippen LogP contribution is 2.25. The van der Waals surface area contributed by atoms with Gasteiger partial charge in [0.15, 0.2) is 0 Å². The van der Waals surface area contributed by atoms with Crippen LogP contribution in [-0.2, 0) is 4.79 Å². The number of carbonyl (C=O) groups is 2. The van der Waals surface area contributed by atoms with Gasteiger partial charge in [-0.3, -0.25) is 4.79 Å². The minimum atomic E-state index is -4.35. The molecule has 0 saturated carbocycles. The van der Waals surface area contributed by atoms with Crippen LogP contribution < -0.4 is 5.32 Å². The van der Waals surface area contributed by atoms with Crippen molar-refractivity contribution in [3.8, 4) is 0 Å². The van der Waals surface area contributed by atoms with E-state index >= 15 is 0 Å². The molecule has 0 radical (unpaired) electrons. The Balaban J connectivity index is 2.62. The van der Waals surface area contributed by atoms with Gasteiger partial charge in [-0.1, -0.05) is 13.8 Å². The summed E-state index contributed by atoms with van der Waals surface area (Å²) in [5.74, 6) is -2.00. The number of nitrogens with one attached hydrogen (secondary N) is 1. The van der Waals surface area contributed by atoms with Crippen LogP contribution in [0.4, 0.5) is 18.0 Å². The van der Waals surface area contributed by atoms with E-state index in [2.05, 4.69) is 5.32 Å². The Hall–Kier alpha value is -1.47. The zero-order valence-corrected chi connectivity index (χ0v) is 12.1.